The van der Waals surface area contributed by atoms with Gasteiger partial charge in [-0.3, -0.25) is 4.79 Å². The highest BCUT2D eigenvalue weighted by Gasteiger charge is 2.53. The number of ether oxygens (including phenoxy) is 1. The van der Waals surface area contributed by atoms with Gasteiger partial charge in [-0.15, -0.1) is 0 Å². The van der Waals surface area contributed by atoms with Gasteiger partial charge in [-0.25, -0.2) is 0 Å². The first-order chi connectivity index (χ1) is 16.0. The summed E-state index contributed by atoms with van der Waals surface area (Å²) in [6, 6.07) is 17.9. The average molecular weight is 449 g/mol. The lowest BCUT2D eigenvalue weighted by atomic mass is 9.56. The Morgan fingerprint density at radius 3 is 2.70 bits per heavy atom. The van der Waals surface area contributed by atoms with Gasteiger partial charge in [0.15, 0.2) is 0 Å². The summed E-state index contributed by atoms with van der Waals surface area (Å²) in [5.41, 5.74) is 1.77. The predicted octanol–water partition coefficient (Wildman–Crippen LogP) is 3.96. The Balaban J connectivity index is 1.46. The van der Waals surface area contributed by atoms with Crippen LogP contribution in [0.4, 0.5) is 0 Å². The van der Waals surface area contributed by atoms with E-state index in [-0.39, 0.29) is 23.3 Å². The zero-order valence-corrected chi connectivity index (χ0v) is 19.8. The van der Waals surface area contributed by atoms with Crippen molar-refractivity contribution < 1.29 is 14.6 Å². The maximum atomic E-state index is 13.2. The lowest BCUT2D eigenvalue weighted by Gasteiger charge is -2.56. The number of aliphatic hydroxyl groups excluding tert-OH is 1. The summed E-state index contributed by atoms with van der Waals surface area (Å²) in [6.07, 6.45) is 4.75. The number of fused-ring (bicyclic) bond motifs is 1. The molecule has 5 rings (SSSR count). The summed E-state index contributed by atoms with van der Waals surface area (Å²) in [5, 5.41) is 11.5. The minimum absolute atomic E-state index is 0.00913. The number of rotatable bonds is 6. The minimum Gasteiger partial charge on any atom is -0.497 e. The van der Waals surface area contributed by atoms with Gasteiger partial charge in [0.1, 0.15) is 5.75 Å². The van der Waals surface area contributed by atoms with Crippen molar-refractivity contribution in [3.8, 4) is 5.75 Å². The molecule has 0 bridgehead atoms. The summed E-state index contributed by atoms with van der Waals surface area (Å²) in [7, 11) is 3.60. The molecule has 3 unspecified atom stereocenters. The van der Waals surface area contributed by atoms with Gasteiger partial charge in [-0.2, -0.15) is 0 Å². The van der Waals surface area contributed by atoms with Gasteiger partial charge >= 0.3 is 0 Å². The molecule has 1 amide bonds. The van der Waals surface area contributed by atoms with E-state index in [2.05, 4.69) is 23.1 Å². The van der Waals surface area contributed by atoms with Gasteiger partial charge in [-0.05, 0) is 74.4 Å². The van der Waals surface area contributed by atoms with E-state index in [9.17, 15) is 9.90 Å². The second kappa shape index (κ2) is 9.11. The van der Waals surface area contributed by atoms with Gasteiger partial charge < -0.3 is 19.6 Å². The standard InChI is InChI=1S/C28H36N2O3/c1-29(27(32)21-7-4-3-5-8-21)23-16-26(31)25-19-30(18-20-11-12-20)14-13-28(25,17-23)22-9-6-10-24(15-22)33-2/h3-10,15,20,23,25-26,31H,11-14,16-19H2,1-2H3/t23-,25?,26?,28?/m1/s1. The first-order valence-electron chi connectivity index (χ1n) is 12.4. The molecule has 1 saturated heterocycles. The Morgan fingerprint density at radius 2 is 1.97 bits per heavy atom. The van der Waals surface area contributed by atoms with Crippen LogP contribution in [-0.4, -0.2) is 66.8 Å². The highest BCUT2D eigenvalue weighted by atomic mass is 16.5. The molecular weight excluding hydrogens is 412 g/mol. The molecule has 0 radical (unpaired) electrons. The van der Waals surface area contributed by atoms with E-state index >= 15 is 0 Å². The molecule has 1 N–H and O–H groups in total. The highest BCUT2D eigenvalue weighted by Crippen LogP contribution is 2.51. The Kier molecular flexibility index (Phi) is 6.19. The van der Waals surface area contributed by atoms with Crippen LogP contribution in [0.5, 0.6) is 5.75 Å². The van der Waals surface area contributed by atoms with E-state index in [4.69, 9.17) is 4.74 Å². The summed E-state index contributed by atoms with van der Waals surface area (Å²) in [6.45, 7) is 3.13. The van der Waals surface area contributed by atoms with Gasteiger partial charge in [0.05, 0.1) is 13.2 Å². The van der Waals surface area contributed by atoms with Gasteiger partial charge in [0.2, 0.25) is 0 Å². The molecule has 3 aliphatic rings. The number of carbonyl (C=O) groups is 1. The Labute approximate surface area is 197 Å². The number of carbonyl (C=O) groups excluding carboxylic acids is 1. The molecule has 5 nitrogen and oxygen atoms in total. The number of hydrogen-bond donors (Lipinski definition) is 1. The van der Waals surface area contributed by atoms with Crippen molar-refractivity contribution in [2.45, 2.75) is 49.7 Å². The molecule has 2 aliphatic carbocycles. The third-order valence-corrected chi connectivity index (χ3v) is 8.36. The van der Waals surface area contributed by atoms with Crippen molar-refractivity contribution in [2.75, 3.05) is 33.8 Å². The molecule has 3 fully saturated rings. The maximum absolute atomic E-state index is 13.2. The third kappa shape index (κ3) is 4.41. The predicted molar refractivity (Wildman–Crippen MR) is 130 cm³/mol. The first kappa shape index (κ1) is 22.4. The highest BCUT2D eigenvalue weighted by molar-refractivity contribution is 5.94. The van der Waals surface area contributed by atoms with Crippen LogP contribution in [0.3, 0.4) is 0 Å². The monoisotopic (exact) mass is 448 g/mol. The van der Waals surface area contributed by atoms with E-state index in [1.54, 1.807) is 7.11 Å². The van der Waals surface area contributed by atoms with E-state index in [0.29, 0.717) is 12.0 Å². The number of benzene rings is 2. The van der Waals surface area contributed by atoms with Crippen LogP contribution in [0.15, 0.2) is 54.6 Å². The second-order valence-corrected chi connectivity index (χ2v) is 10.4. The van der Waals surface area contributed by atoms with Crippen LogP contribution in [0.2, 0.25) is 0 Å². The molecule has 2 aromatic carbocycles. The Bertz CT molecular complexity index is 976. The Morgan fingerprint density at radius 1 is 1.18 bits per heavy atom. The lowest BCUT2D eigenvalue weighted by Crippen LogP contribution is -2.61. The summed E-state index contributed by atoms with van der Waals surface area (Å²) in [4.78, 5) is 17.7. The molecular formula is C28H36N2O3. The second-order valence-electron chi connectivity index (χ2n) is 10.4. The summed E-state index contributed by atoms with van der Waals surface area (Å²) >= 11 is 0. The zero-order valence-electron chi connectivity index (χ0n) is 19.8. The number of piperidine rings is 1. The lowest BCUT2D eigenvalue weighted by molar-refractivity contribution is -0.0618. The molecule has 33 heavy (non-hydrogen) atoms. The molecule has 5 heteroatoms. The molecule has 2 aromatic rings. The van der Waals surface area contributed by atoms with E-state index in [0.717, 1.165) is 44.1 Å². The molecule has 4 atom stereocenters. The van der Waals surface area contributed by atoms with E-state index < -0.39 is 6.10 Å². The van der Waals surface area contributed by atoms with Crippen molar-refractivity contribution in [1.29, 1.82) is 0 Å². The van der Waals surface area contributed by atoms with Crippen molar-refractivity contribution in [2.24, 2.45) is 11.8 Å². The van der Waals surface area contributed by atoms with Crippen molar-refractivity contribution in [3.05, 3.63) is 65.7 Å². The van der Waals surface area contributed by atoms with Crippen molar-refractivity contribution in [3.63, 3.8) is 0 Å². The van der Waals surface area contributed by atoms with Crippen LogP contribution in [0.25, 0.3) is 0 Å². The third-order valence-electron chi connectivity index (χ3n) is 8.36. The minimum atomic E-state index is -0.442. The number of likely N-dealkylation sites (tertiary alicyclic amines) is 1. The summed E-state index contributed by atoms with van der Waals surface area (Å²) in [5.74, 6) is 1.88. The molecule has 176 valence electrons. The van der Waals surface area contributed by atoms with Crippen molar-refractivity contribution in [1.82, 2.24) is 9.80 Å². The van der Waals surface area contributed by atoms with Crippen molar-refractivity contribution >= 4 is 5.91 Å². The van der Waals surface area contributed by atoms with E-state index in [1.165, 1.54) is 18.4 Å². The van der Waals surface area contributed by atoms with Gasteiger partial charge in [0.25, 0.3) is 5.91 Å². The van der Waals surface area contributed by atoms with E-state index in [1.807, 2.05) is 48.3 Å². The number of methoxy groups -OCH3 is 1. The van der Waals surface area contributed by atoms with Gasteiger partial charge in [0, 0.05) is 43.1 Å². The largest absolute Gasteiger partial charge is 0.497 e. The fourth-order valence-electron chi connectivity index (χ4n) is 6.26. The molecule has 0 spiro atoms. The van der Waals surface area contributed by atoms with Crippen LogP contribution < -0.4 is 4.74 Å². The van der Waals surface area contributed by atoms with Crippen LogP contribution in [0.1, 0.15) is 48.0 Å². The Hall–Kier alpha value is -2.37. The SMILES string of the molecule is COc1cccc(C23CCN(CC4CC4)CC2C(O)C[C@@H](N(C)C(=O)c2ccccc2)C3)c1. The zero-order chi connectivity index (χ0) is 23.0. The van der Waals surface area contributed by atoms with Crippen LogP contribution >= 0.6 is 0 Å². The summed E-state index contributed by atoms with van der Waals surface area (Å²) < 4.78 is 5.56. The number of aliphatic hydroxyl groups is 1. The molecule has 1 heterocycles. The molecule has 2 saturated carbocycles. The molecule has 1 aliphatic heterocycles. The van der Waals surface area contributed by atoms with Gasteiger partial charge in [-0.1, -0.05) is 30.3 Å². The topological polar surface area (TPSA) is 53.0 Å². The fraction of sp³-hybridized carbons (Fsp3) is 0.536. The molecule has 0 aromatic heterocycles. The first-order valence-corrected chi connectivity index (χ1v) is 12.4. The quantitative estimate of drug-likeness (QED) is 0.727. The number of amides is 1. The average Bonchev–Trinajstić information content (AvgIpc) is 3.68. The number of hydrogen-bond acceptors (Lipinski definition) is 4. The number of nitrogens with zero attached hydrogens (tertiary/aromatic N) is 2. The normalized spacial score (nSPS) is 29.8. The fourth-order valence-corrected chi connectivity index (χ4v) is 6.26. The smallest absolute Gasteiger partial charge is 0.253 e. The van der Waals surface area contributed by atoms with Crippen LogP contribution in [-0.2, 0) is 5.41 Å². The van der Waals surface area contributed by atoms with Crippen LogP contribution in [0, 0.1) is 11.8 Å². The maximum Gasteiger partial charge on any atom is 0.253 e.